The van der Waals surface area contributed by atoms with E-state index in [0.717, 1.165) is 25.7 Å². The molecule has 0 bridgehead atoms. The first-order chi connectivity index (χ1) is 4.12. The molecule has 9 heavy (non-hydrogen) atoms. The molecular formula is C8H18O. The van der Waals surface area contributed by atoms with Gasteiger partial charge in [0.1, 0.15) is 0 Å². The number of rotatable bonds is 4. The Bertz CT molecular complexity index is 59.0. The normalized spacial score (nSPS) is 12.0. The van der Waals surface area contributed by atoms with E-state index in [0.29, 0.717) is 0 Å². The first-order valence-corrected chi connectivity index (χ1v) is 3.84. The Hall–Kier alpha value is -0.0400. The summed E-state index contributed by atoms with van der Waals surface area (Å²) < 4.78 is 0. The van der Waals surface area contributed by atoms with Gasteiger partial charge in [0.05, 0.1) is 5.60 Å². The molecule has 0 saturated heterocycles. The third-order valence-electron chi connectivity index (χ3n) is 1.58. The summed E-state index contributed by atoms with van der Waals surface area (Å²) in [6, 6.07) is 0. The molecule has 0 aliphatic carbocycles. The van der Waals surface area contributed by atoms with Crippen molar-refractivity contribution in [3.63, 3.8) is 0 Å². The van der Waals surface area contributed by atoms with Crippen molar-refractivity contribution in [1.82, 2.24) is 0 Å². The molecule has 0 radical (unpaired) electrons. The van der Waals surface area contributed by atoms with Gasteiger partial charge in [0, 0.05) is 0 Å². The predicted octanol–water partition coefficient (Wildman–Crippen LogP) is 2.34. The third kappa shape index (κ3) is 4.46. The molecule has 0 unspecified atom stereocenters. The molecule has 1 heteroatoms. The molecule has 0 amide bonds. The maximum atomic E-state index is 9.51. The summed E-state index contributed by atoms with van der Waals surface area (Å²) in [5.41, 5.74) is -0.399. The molecule has 0 fully saturated rings. The molecule has 0 aromatic rings. The molecule has 1 N–H and O–H groups in total. The summed E-state index contributed by atoms with van der Waals surface area (Å²) >= 11 is 0. The summed E-state index contributed by atoms with van der Waals surface area (Å²) in [4.78, 5) is 0. The van der Waals surface area contributed by atoms with E-state index in [9.17, 15) is 5.11 Å². The number of aliphatic hydroxyl groups is 1. The van der Waals surface area contributed by atoms with Gasteiger partial charge in [-0.1, -0.05) is 26.7 Å². The van der Waals surface area contributed by atoms with E-state index in [1.165, 1.54) is 0 Å². The fraction of sp³-hybridized carbons (Fsp3) is 1.00. The SMILES string of the molecule is CCCC(C)(O)CCC. The molecular weight excluding hydrogens is 112 g/mol. The highest BCUT2D eigenvalue weighted by Crippen LogP contribution is 2.17. The van der Waals surface area contributed by atoms with Gasteiger partial charge in [-0.3, -0.25) is 0 Å². The lowest BCUT2D eigenvalue weighted by Crippen LogP contribution is -2.22. The van der Waals surface area contributed by atoms with Gasteiger partial charge in [-0.25, -0.2) is 0 Å². The molecule has 0 spiro atoms. The summed E-state index contributed by atoms with van der Waals surface area (Å²) in [5, 5.41) is 9.51. The minimum atomic E-state index is -0.399. The van der Waals surface area contributed by atoms with E-state index in [-0.39, 0.29) is 0 Å². The first kappa shape index (κ1) is 8.96. The molecule has 0 heterocycles. The van der Waals surface area contributed by atoms with Crippen LogP contribution in [0.1, 0.15) is 46.5 Å². The molecule has 56 valence electrons. The summed E-state index contributed by atoms with van der Waals surface area (Å²) in [5.74, 6) is 0. The number of hydrogen-bond donors (Lipinski definition) is 1. The van der Waals surface area contributed by atoms with Gasteiger partial charge in [-0.15, -0.1) is 0 Å². The van der Waals surface area contributed by atoms with Crippen molar-refractivity contribution >= 4 is 0 Å². The maximum absolute atomic E-state index is 9.51. The lowest BCUT2D eigenvalue weighted by molar-refractivity contribution is 0.0406. The highest BCUT2D eigenvalue weighted by molar-refractivity contribution is 4.69. The van der Waals surface area contributed by atoms with Crippen LogP contribution in [0.5, 0.6) is 0 Å². The summed E-state index contributed by atoms with van der Waals surface area (Å²) in [6.45, 7) is 6.12. The van der Waals surface area contributed by atoms with E-state index in [1.807, 2.05) is 6.92 Å². The Morgan fingerprint density at radius 1 is 1.11 bits per heavy atom. The van der Waals surface area contributed by atoms with Crippen molar-refractivity contribution in [2.24, 2.45) is 0 Å². The average Bonchev–Trinajstić information content (AvgIpc) is 1.64. The Balaban J connectivity index is 3.43. The zero-order valence-corrected chi connectivity index (χ0v) is 6.78. The Morgan fingerprint density at radius 3 is 1.67 bits per heavy atom. The van der Waals surface area contributed by atoms with Crippen LogP contribution in [0.3, 0.4) is 0 Å². The zero-order valence-electron chi connectivity index (χ0n) is 6.78. The van der Waals surface area contributed by atoms with Gasteiger partial charge in [-0.2, -0.15) is 0 Å². The minimum Gasteiger partial charge on any atom is -0.390 e. The lowest BCUT2D eigenvalue weighted by atomic mass is 9.95. The highest BCUT2D eigenvalue weighted by Gasteiger charge is 2.16. The predicted molar refractivity (Wildman–Crippen MR) is 40.4 cm³/mol. The summed E-state index contributed by atoms with van der Waals surface area (Å²) in [7, 11) is 0. The van der Waals surface area contributed by atoms with E-state index in [1.54, 1.807) is 0 Å². The molecule has 0 aliphatic heterocycles. The van der Waals surface area contributed by atoms with Crippen LogP contribution in [0.15, 0.2) is 0 Å². The second-order valence-electron chi connectivity index (χ2n) is 3.00. The largest absolute Gasteiger partial charge is 0.390 e. The van der Waals surface area contributed by atoms with Gasteiger partial charge in [0.15, 0.2) is 0 Å². The zero-order chi connectivity index (χ0) is 7.33. The molecule has 0 saturated carbocycles. The quantitative estimate of drug-likeness (QED) is 0.619. The minimum absolute atomic E-state index is 0.399. The van der Waals surface area contributed by atoms with Crippen LogP contribution in [0, 0.1) is 0 Å². The van der Waals surface area contributed by atoms with Crippen LogP contribution in [0.4, 0.5) is 0 Å². The van der Waals surface area contributed by atoms with Gasteiger partial charge >= 0.3 is 0 Å². The summed E-state index contributed by atoms with van der Waals surface area (Å²) in [6.07, 6.45) is 4.02. The molecule has 0 aromatic carbocycles. The topological polar surface area (TPSA) is 20.2 Å². The van der Waals surface area contributed by atoms with Crippen LogP contribution >= 0.6 is 0 Å². The maximum Gasteiger partial charge on any atom is 0.0619 e. The fourth-order valence-electron chi connectivity index (χ4n) is 1.20. The molecule has 1 nitrogen and oxygen atoms in total. The Morgan fingerprint density at radius 2 is 1.44 bits per heavy atom. The monoisotopic (exact) mass is 130 g/mol. The fourth-order valence-corrected chi connectivity index (χ4v) is 1.20. The van der Waals surface area contributed by atoms with Crippen molar-refractivity contribution < 1.29 is 5.11 Å². The molecule has 0 rings (SSSR count). The van der Waals surface area contributed by atoms with E-state index in [2.05, 4.69) is 13.8 Å². The lowest BCUT2D eigenvalue weighted by Gasteiger charge is -2.21. The smallest absolute Gasteiger partial charge is 0.0619 e. The van der Waals surface area contributed by atoms with Gasteiger partial charge in [0.2, 0.25) is 0 Å². The van der Waals surface area contributed by atoms with Crippen LogP contribution in [0.2, 0.25) is 0 Å². The first-order valence-electron chi connectivity index (χ1n) is 3.84. The Labute approximate surface area is 58.1 Å². The van der Waals surface area contributed by atoms with E-state index < -0.39 is 5.60 Å². The second-order valence-corrected chi connectivity index (χ2v) is 3.00. The van der Waals surface area contributed by atoms with Crippen molar-refractivity contribution in [2.75, 3.05) is 0 Å². The average molecular weight is 130 g/mol. The van der Waals surface area contributed by atoms with Gasteiger partial charge in [0.25, 0.3) is 0 Å². The van der Waals surface area contributed by atoms with E-state index in [4.69, 9.17) is 0 Å². The van der Waals surface area contributed by atoms with Gasteiger partial charge < -0.3 is 5.11 Å². The molecule has 0 atom stereocenters. The second kappa shape index (κ2) is 3.89. The van der Waals surface area contributed by atoms with Crippen LogP contribution in [-0.2, 0) is 0 Å². The van der Waals surface area contributed by atoms with Crippen LogP contribution < -0.4 is 0 Å². The van der Waals surface area contributed by atoms with E-state index >= 15 is 0 Å². The standard InChI is InChI=1S/C8H18O/c1-4-6-8(3,9)7-5-2/h9H,4-7H2,1-3H3. The van der Waals surface area contributed by atoms with Crippen molar-refractivity contribution in [3.8, 4) is 0 Å². The third-order valence-corrected chi connectivity index (χ3v) is 1.58. The van der Waals surface area contributed by atoms with Gasteiger partial charge in [-0.05, 0) is 19.8 Å². The van der Waals surface area contributed by atoms with Crippen molar-refractivity contribution in [2.45, 2.75) is 52.1 Å². The number of hydrogen-bond acceptors (Lipinski definition) is 1. The van der Waals surface area contributed by atoms with Crippen molar-refractivity contribution in [3.05, 3.63) is 0 Å². The Kier molecular flexibility index (Phi) is 3.87. The molecule has 0 aliphatic rings. The molecule has 0 aromatic heterocycles. The van der Waals surface area contributed by atoms with Crippen LogP contribution in [-0.4, -0.2) is 10.7 Å². The highest BCUT2D eigenvalue weighted by atomic mass is 16.3. The van der Waals surface area contributed by atoms with Crippen molar-refractivity contribution in [1.29, 1.82) is 0 Å². The van der Waals surface area contributed by atoms with Crippen LogP contribution in [0.25, 0.3) is 0 Å².